The summed E-state index contributed by atoms with van der Waals surface area (Å²) in [6, 6.07) is 9.03. The Morgan fingerprint density at radius 1 is 1.21 bits per heavy atom. The molecular formula is C16H27N3. The van der Waals surface area contributed by atoms with Gasteiger partial charge in [0.15, 0.2) is 0 Å². The van der Waals surface area contributed by atoms with E-state index < -0.39 is 0 Å². The fraction of sp³-hybridized carbons (Fsp3) is 0.625. The molecule has 1 atom stereocenters. The quantitative estimate of drug-likeness (QED) is 0.822. The lowest BCUT2D eigenvalue weighted by Crippen LogP contribution is -2.44. The molecule has 1 fully saturated rings. The molecule has 0 saturated carbocycles. The van der Waals surface area contributed by atoms with Crippen molar-refractivity contribution in [1.82, 2.24) is 10.2 Å². The van der Waals surface area contributed by atoms with Gasteiger partial charge in [0, 0.05) is 38.8 Å². The first-order valence-corrected chi connectivity index (χ1v) is 7.57. The minimum Gasteiger partial charge on any atom is -0.324 e. The van der Waals surface area contributed by atoms with Crippen molar-refractivity contribution in [2.24, 2.45) is 5.73 Å². The number of rotatable bonds is 6. The van der Waals surface area contributed by atoms with Gasteiger partial charge in [-0.25, -0.2) is 0 Å². The third-order valence-corrected chi connectivity index (χ3v) is 3.91. The van der Waals surface area contributed by atoms with Crippen molar-refractivity contribution in [3.8, 4) is 0 Å². The van der Waals surface area contributed by atoms with Gasteiger partial charge in [-0.15, -0.1) is 0 Å². The summed E-state index contributed by atoms with van der Waals surface area (Å²) in [4.78, 5) is 2.50. The summed E-state index contributed by atoms with van der Waals surface area (Å²) in [5.74, 6) is 0. The normalized spacial score (nSPS) is 18.4. The minimum atomic E-state index is 0.172. The first-order valence-electron chi connectivity index (χ1n) is 7.57. The van der Waals surface area contributed by atoms with E-state index in [0.717, 1.165) is 45.6 Å². The number of nitrogens with zero attached hydrogens (tertiary/aromatic N) is 1. The van der Waals surface area contributed by atoms with E-state index in [1.54, 1.807) is 0 Å². The van der Waals surface area contributed by atoms with Crippen molar-refractivity contribution >= 4 is 0 Å². The summed E-state index contributed by atoms with van der Waals surface area (Å²) in [5.41, 5.74) is 8.98. The SMILES string of the molecule is CCCc1ccc(C(N)CCN2CCNCC2)cc1. The molecule has 3 nitrogen and oxygen atoms in total. The van der Waals surface area contributed by atoms with Crippen LogP contribution in [-0.4, -0.2) is 37.6 Å². The van der Waals surface area contributed by atoms with Crippen LogP contribution in [0.15, 0.2) is 24.3 Å². The van der Waals surface area contributed by atoms with Gasteiger partial charge in [-0.2, -0.15) is 0 Å². The second kappa shape index (κ2) is 7.63. The van der Waals surface area contributed by atoms with Crippen LogP contribution in [0.5, 0.6) is 0 Å². The highest BCUT2D eigenvalue weighted by Gasteiger charge is 2.12. The lowest BCUT2D eigenvalue weighted by Gasteiger charge is -2.28. The third-order valence-electron chi connectivity index (χ3n) is 3.91. The Hall–Kier alpha value is -0.900. The Kier molecular flexibility index (Phi) is 5.83. The van der Waals surface area contributed by atoms with E-state index >= 15 is 0 Å². The van der Waals surface area contributed by atoms with Crippen LogP contribution in [0, 0.1) is 0 Å². The number of hydrogen-bond acceptors (Lipinski definition) is 3. The Balaban J connectivity index is 1.79. The van der Waals surface area contributed by atoms with Gasteiger partial charge in [-0.1, -0.05) is 37.6 Å². The lowest BCUT2D eigenvalue weighted by atomic mass is 10.0. The van der Waals surface area contributed by atoms with E-state index in [-0.39, 0.29) is 6.04 Å². The second-order valence-electron chi connectivity index (χ2n) is 5.48. The molecule has 1 aliphatic rings. The zero-order valence-corrected chi connectivity index (χ0v) is 12.1. The second-order valence-corrected chi connectivity index (χ2v) is 5.48. The van der Waals surface area contributed by atoms with Crippen LogP contribution in [0.4, 0.5) is 0 Å². The van der Waals surface area contributed by atoms with E-state index in [9.17, 15) is 0 Å². The number of nitrogens with two attached hydrogens (primary N) is 1. The van der Waals surface area contributed by atoms with Crippen molar-refractivity contribution < 1.29 is 0 Å². The molecule has 0 bridgehead atoms. The highest BCUT2D eigenvalue weighted by atomic mass is 15.2. The van der Waals surface area contributed by atoms with Gasteiger partial charge < -0.3 is 16.0 Å². The lowest BCUT2D eigenvalue weighted by molar-refractivity contribution is 0.233. The topological polar surface area (TPSA) is 41.3 Å². The predicted molar refractivity (Wildman–Crippen MR) is 81.3 cm³/mol. The molecule has 106 valence electrons. The minimum absolute atomic E-state index is 0.172. The monoisotopic (exact) mass is 261 g/mol. The largest absolute Gasteiger partial charge is 0.324 e. The number of aryl methyl sites for hydroxylation is 1. The summed E-state index contributed by atoms with van der Waals surface area (Å²) in [5, 5.41) is 3.38. The maximum atomic E-state index is 6.29. The van der Waals surface area contributed by atoms with Gasteiger partial charge in [0.05, 0.1) is 0 Å². The zero-order valence-electron chi connectivity index (χ0n) is 12.1. The van der Waals surface area contributed by atoms with E-state index in [1.165, 1.54) is 17.5 Å². The van der Waals surface area contributed by atoms with Crippen molar-refractivity contribution in [3.05, 3.63) is 35.4 Å². The number of nitrogens with one attached hydrogen (secondary N) is 1. The molecule has 0 spiro atoms. The van der Waals surface area contributed by atoms with Crippen LogP contribution < -0.4 is 11.1 Å². The Morgan fingerprint density at radius 3 is 2.53 bits per heavy atom. The van der Waals surface area contributed by atoms with Crippen LogP contribution in [0.2, 0.25) is 0 Å². The van der Waals surface area contributed by atoms with Gasteiger partial charge in [0.2, 0.25) is 0 Å². The Labute approximate surface area is 117 Å². The van der Waals surface area contributed by atoms with Crippen LogP contribution in [0.3, 0.4) is 0 Å². The smallest absolute Gasteiger partial charge is 0.0307 e. The predicted octanol–water partition coefficient (Wildman–Crippen LogP) is 1.93. The van der Waals surface area contributed by atoms with E-state index in [4.69, 9.17) is 5.73 Å². The molecule has 19 heavy (non-hydrogen) atoms. The fourth-order valence-corrected chi connectivity index (χ4v) is 2.64. The molecular weight excluding hydrogens is 234 g/mol. The third kappa shape index (κ3) is 4.60. The molecule has 1 heterocycles. The summed E-state index contributed by atoms with van der Waals surface area (Å²) in [7, 11) is 0. The summed E-state index contributed by atoms with van der Waals surface area (Å²) in [6.45, 7) is 7.86. The fourth-order valence-electron chi connectivity index (χ4n) is 2.64. The average molecular weight is 261 g/mol. The van der Waals surface area contributed by atoms with E-state index in [1.807, 2.05) is 0 Å². The molecule has 0 amide bonds. The highest BCUT2D eigenvalue weighted by molar-refractivity contribution is 5.24. The maximum absolute atomic E-state index is 6.29. The van der Waals surface area contributed by atoms with Crippen LogP contribution in [0.25, 0.3) is 0 Å². The van der Waals surface area contributed by atoms with Gasteiger partial charge in [-0.3, -0.25) is 0 Å². The van der Waals surface area contributed by atoms with Crippen molar-refractivity contribution in [3.63, 3.8) is 0 Å². The molecule has 1 saturated heterocycles. The molecule has 0 radical (unpaired) electrons. The van der Waals surface area contributed by atoms with Gasteiger partial charge in [0.25, 0.3) is 0 Å². The van der Waals surface area contributed by atoms with Crippen molar-refractivity contribution in [2.45, 2.75) is 32.2 Å². The van der Waals surface area contributed by atoms with E-state index in [0.29, 0.717) is 0 Å². The van der Waals surface area contributed by atoms with E-state index in [2.05, 4.69) is 41.4 Å². The first kappa shape index (κ1) is 14.5. The molecule has 1 aliphatic heterocycles. The molecule has 0 aliphatic carbocycles. The first-order chi connectivity index (χ1) is 9.29. The summed E-state index contributed by atoms with van der Waals surface area (Å²) >= 11 is 0. The zero-order chi connectivity index (χ0) is 13.5. The molecule has 3 heteroatoms. The van der Waals surface area contributed by atoms with Crippen molar-refractivity contribution in [1.29, 1.82) is 0 Å². The molecule has 1 aromatic rings. The number of hydrogen-bond donors (Lipinski definition) is 2. The van der Waals surface area contributed by atoms with Gasteiger partial charge >= 0.3 is 0 Å². The molecule has 1 unspecified atom stereocenters. The number of piperazine rings is 1. The van der Waals surface area contributed by atoms with Crippen LogP contribution in [0.1, 0.15) is 36.9 Å². The molecule has 1 aromatic carbocycles. The Morgan fingerprint density at radius 2 is 1.89 bits per heavy atom. The van der Waals surface area contributed by atoms with Gasteiger partial charge in [0.1, 0.15) is 0 Å². The van der Waals surface area contributed by atoms with Gasteiger partial charge in [-0.05, 0) is 24.0 Å². The standard InChI is InChI=1S/C16H27N3/c1-2-3-14-4-6-15(7-5-14)16(17)8-11-19-12-9-18-10-13-19/h4-7,16,18H,2-3,8-13,17H2,1H3. The van der Waals surface area contributed by atoms with Crippen LogP contribution in [-0.2, 0) is 6.42 Å². The molecule has 0 aromatic heterocycles. The van der Waals surface area contributed by atoms with Crippen LogP contribution >= 0.6 is 0 Å². The molecule has 3 N–H and O–H groups in total. The Bertz CT molecular complexity index is 355. The molecule has 2 rings (SSSR count). The summed E-state index contributed by atoms with van der Waals surface area (Å²) < 4.78 is 0. The highest BCUT2D eigenvalue weighted by Crippen LogP contribution is 2.16. The van der Waals surface area contributed by atoms with Crippen molar-refractivity contribution in [2.75, 3.05) is 32.7 Å². The number of benzene rings is 1. The maximum Gasteiger partial charge on any atom is 0.0307 e. The summed E-state index contributed by atoms with van der Waals surface area (Å²) in [6.07, 6.45) is 3.41. The average Bonchev–Trinajstić information content (AvgIpc) is 2.47.